The molecule has 4 heteroatoms. The maximum Gasteiger partial charge on any atom is 0.119 e. The molecule has 1 heterocycles. The van der Waals surface area contributed by atoms with Crippen LogP contribution in [-0.4, -0.2) is 18.6 Å². The molecule has 0 atom stereocenters. The summed E-state index contributed by atoms with van der Waals surface area (Å²) in [7, 11) is 1.92. The van der Waals surface area contributed by atoms with Crippen molar-refractivity contribution >= 4 is 11.3 Å². The Morgan fingerprint density at radius 2 is 2.50 bits per heavy atom. The van der Waals surface area contributed by atoms with E-state index in [1.165, 1.54) is 0 Å². The standard InChI is InChI=1S/C8H14N2OS/c1-3-11-5-8-10-7(4-9-2)6-12-8/h6,9H,3-5H2,1-2H3. The van der Waals surface area contributed by atoms with Crippen molar-refractivity contribution in [3.05, 3.63) is 16.1 Å². The van der Waals surface area contributed by atoms with Gasteiger partial charge in [0.25, 0.3) is 0 Å². The summed E-state index contributed by atoms with van der Waals surface area (Å²) in [4.78, 5) is 4.37. The van der Waals surface area contributed by atoms with Gasteiger partial charge in [0, 0.05) is 18.5 Å². The minimum atomic E-state index is 0.644. The van der Waals surface area contributed by atoms with Gasteiger partial charge in [-0.1, -0.05) is 0 Å². The Bertz CT molecular complexity index is 225. The number of nitrogens with one attached hydrogen (secondary N) is 1. The topological polar surface area (TPSA) is 34.1 Å². The van der Waals surface area contributed by atoms with E-state index in [0.717, 1.165) is 23.9 Å². The van der Waals surface area contributed by atoms with Crippen molar-refractivity contribution in [1.82, 2.24) is 10.3 Å². The summed E-state index contributed by atoms with van der Waals surface area (Å²) in [6.45, 7) is 4.22. The fraction of sp³-hybridized carbons (Fsp3) is 0.625. The third-order valence-corrected chi connectivity index (χ3v) is 2.26. The lowest BCUT2D eigenvalue weighted by Crippen LogP contribution is -2.05. The van der Waals surface area contributed by atoms with Gasteiger partial charge in [0.05, 0.1) is 12.3 Å². The van der Waals surface area contributed by atoms with Crippen molar-refractivity contribution < 1.29 is 4.74 Å². The van der Waals surface area contributed by atoms with Crippen molar-refractivity contribution in [2.75, 3.05) is 13.7 Å². The molecule has 0 amide bonds. The fourth-order valence-electron chi connectivity index (χ4n) is 0.867. The molecule has 0 saturated heterocycles. The number of aromatic nitrogens is 1. The van der Waals surface area contributed by atoms with Gasteiger partial charge in [0.1, 0.15) is 5.01 Å². The van der Waals surface area contributed by atoms with Crippen LogP contribution in [0, 0.1) is 0 Å². The molecule has 0 aromatic carbocycles. The normalized spacial score (nSPS) is 10.5. The maximum absolute atomic E-state index is 5.24. The molecule has 0 unspecified atom stereocenters. The lowest BCUT2D eigenvalue weighted by atomic mass is 10.5. The molecule has 0 aliphatic heterocycles. The number of hydrogen-bond acceptors (Lipinski definition) is 4. The first kappa shape index (κ1) is 9.64. The van der Waals surface area contributed by atoms with Gasteiger partial charge < -0.3 is 10.1 Å². The number of ether oxygens (including phenoxy) is 1. The molecule has 0 aliphatic rings. The summed E-state index contributed by atoms with van der Waals surface area (Å²) in [6, 6.07) is 0. The number of hydrogen-bond donors (Lipinski definition) is 1. The van der Waals surface area contributed by atoms with Crippen molar-refractivity contribution in [3.8, 4) is 0 Å². The zero-order valence-electron chi connectivity index (χ0n) is 7.46. The molecule has 1 rings (SSSR count). The summed E-state index contributed by atoms with van der Waals surface area (Å²) >= 11 is 1.65. The monoisotopic (exact) mass is 186 g/mol. The maximum atomic E-state index is 5.24. The van der Waals surface area contributed by atoms with Crippen molar-refractivity contribution in [2.24, 2.45) is 0 Å². The highest BCUT2D eigenvalue weighted by molar-refractivity contribution is 7.09. The first-order valence-corrected chi connectivity index (χ1v) is 4.90. The molecular formula is C8H14N2OS. The van der Waals surface area contributed by atoms with Gasteiger partial charge in [0.2, 0.25) is 0 Å². The Balaban J connectivity index is 2.41. The molecule has 68 valence electrons. The molecule has 0 saturated carbocycles. The largest absolute Gasteiger partial charge is 0.375 e. The Kier molecular flexibility index (Phi) is 4.21. The highest BCUT2D eigenvalue weighted by Crippen LogP contribution is 2.10. The summed E-state index contributed by atoms with van der Waals surface area (Å²) in [6.07, 6.45) is 0. The Morgan fingerprint density at radius 3 is 3.17 bits per heavy atom. The number of rotatable bonds is 5. The lowest BCUT2D eigenvalue weighted by Gasteiger charge is -1.95. The van der Waals surface area contributed by atoms with Crippen LogP contribution in [0.15, 0.2) is 5.38 Å². The fourth-order valence-corrected chi connectivity index (χ4v) is 1.60. The molecule has 1 aromatic rings. The molecule has 3 nitrogen and oxygen atoms in total. The van der Waals surface area contributed by atoms with E-state index >= 15 is 0 Å². The lowest BCUT2D eigenvalue weighted by molar-refractivity contribution is 0.133. The Labute approximate surface area is 76.8 Å². The second-order valence-corrected chi connectivity index (χ2v) is 3.34. The summed E-state index contributed by atoms with van der Waals surface area (Å²) in [5, 5.41) is 6.17. The SMILES string of the molecule is CCOCc1nc(CNC)cs1. The van der Waals surface area contributed by atoms with Crippen LogP contribution < -0.4 is 5.32 Å². The minimum absolute atomic E-state index is 0.644. The van der Waals surface area contributed by atoms with Crippen LogP contribution in [0.5, 0.6) is 0 Å². The van der Waals surface area contributed by atoms with Gasteiger partial charge >= 0.3 is 0 Å². The molecule has 0 spiro atoms. The minimum Gasteiger partial charge on any atom is -0.375 e. The number of thiazole rings is 1. The number of nitrogens with zero attached hydrogens (tertiary/aromatic N) is 1. The zero-order valence-corrected chi connectivity index (χ0v) is 8.28. The van der Waals surface area contributed by atoms with Crippen LogP contribution in [0.1, 0.15) is 17.6 Å². The van der Waals surface area contributed by atoms with Crippen LogP contribution in [0.2, 0.25) is 0 Å². The third kappa shape index (κ3) is 2.89. The molecular weight excluding hydrogens is 172 g/mol. The molecule has 0 aliphatic carbocycles. The quantitative estimate of drug-likeness (QED) is 0.754. The van der Waals surface area contributed by atoms with E-state index in [4.69, 9.17) is 4.74 Å². The van der Waals surface area contributed by atoms with Gasteiger partial charge in [-0.15, -0.1) is 11.3 Å². The summed E-state index contributed by atoms with van der Waals surface area (Å²) < 4.78 is 5.24. The average molecular weight is 186 g/mol. The van der Waals surface area contributed by atoms with Crippen LogP contribution in [0.25, 0.3) is 0 Å². The van der Waals surface area contributed by atoms with Gasteiger partial charge in [-0.25, -0.2) is 4.98 Å². The molecule has 12 heavy (non-hydrogen) atoms. The molecule has 0 radical (unpaired) electrons. The smallest absolute Gasteiger partial charge is 0.119 e. The van der Waals surface area contributed by atoms with Gasteiger partial charge in [0.15, 0.2) is 0 Å². The van der Waals surface area contributed by atoms with E-state index in [-0.39, 0.29) is 0 Å². The van der Waals surface area contributed by atoms with E-state index in [1.807, 2.05) is 14.0 Å². The third-order valence-electron chi connectivity index (χ3n) is 1.39. The second kappa shape index (κ2) is 5.24. The molecule has 0 fully saturated rings. The Morgan fingerprint density at radius 1 is 1.67 bits per heavy atom. The first-order valence-electron chi connectivity index (χ1n) is 4.02. The van der Waals surface area contributed by atoms with Crippen molar-refractivity contribution in [1.29, 1.82) is 0 Å². The van der Waals surface area contributed by atoms with Gasteiger partial charge in [-0.2, -0.15) is 0 Å². The Hall–Kier alpha value is -0.450. The van der Waals surface area contributed by atoms with Crippen molar-refractivity contribution in [3.63, 3.8) is 0 Å². The summed E-state index contributed by atoms with van der Waals surface area (Å²) in [5.74, 6) is 0. The highest BCUT2D eigenvalue weighted by atomic mass is 32.1. The van der Waals surface area contributed by atoms with Crippen LogP contribution in [0.4, 0.5) is 0 Å². The predicted molar refractivity (Wildman–Crippen MR) is 50.2 cm³/mol. The van der Waals surface area contributed by atoms with Crippen LogP contribution in [0.3, 0.4) is 0 Å². The van der Waals surface area contributed by atoms with E-state index in [0.29, 0.717) is 6.61 Å². The van der Waals surface area contributed by atoms with E-state index in [2.05, 4.69) is 15.7 Å². The van der Waals surface area contributed by atoms with Gasteiger partial charge in [-0.3, -0.25) is 0 Å². The molecule has 1 N–H and O–H groups in total. The first-order chi connectivity index (χ1) is 5.86. The van der Waals surface area contributed by atoms with Crippen LogP contribution >= 0.6 is 11.3 Å². The van der Waals surface area contributed by atoms with Crippen LogP contribution in [-0.2, 0) is 17.9 Å². The van der Waals surface area contributed by atoms with Crippen molar-refractivity contribution in [2.45, 2.75) is 20.1 Å². The second-order valence-electron chi connectivity index (χ2n) is 2.40. The average Bonchev–Trinajstić information content (AvgIpc) is 2.50. The molecule has 1 aromatic heterocycles. The summed E-state index contributed by atoms with van der Waals surface area (Å²) in [5.41, 5.74) is 1.09. The van der Waals surface area contributed by atoms with E-state index < -0.39 is 0 Å². The molecule has 0 bridgehead atoms. The highest BCUT2D eigenvalue weighted by Gasteiger charge is 1.99. The van der Waals surface area contributed by atoms with E-state index in [1.54, 1.807) is 11.3 Å². The predicted octanol–water partition coefficient (Wildman–Crippen LogP) is 1.40. The van der Waals surface area contributed by atoms with Gasteiger partial charge in [-0.05, 0) is 14.0 Å². The zero-order chi connectivity index (χ0) is 8.81. The van der Waals surface area contributed by atoms with E-state index in [9.17, 15) is 0 Å².